The highest BCUT2D eigenvalue weighted by molar-refractivity contribution is 14.1. The van der Waals surface area contributed by atoms with E-state index in [1.54, 1.807) is 42.5 Å². The summed E-state index contributed by atoms with van der Waals surface area (Å²) in [4.78, 5) is 39.1. The summed E-state index contributed by atoms with van der Waals surface area (Å²) in [6.45, 7) is 2.19. The van der Waals surface area contributed by atoms with Crippen molar-refractivity contribution in [3.8, 4) is 11.5 Å². The average Bonchev–Trinajstić information content (AvgIpc) is 3.13. The molecule has 3 amide bonds. The van der Waals surface area contributed by atoms with Gasteiger partial charge in [-0.25, -0.2) is 0 Å². The molecule has 0 aromatic heterocycles. The number of rotatable bonds is 9. The van der Waals surface area contributed by atoms with Crippen LogP contribution in [-0.4, -0.2) is 35.1 Å². The monoisotopic (exact) mass is 726 g/mol. The molecular weight excluding hydrogens is 707 g/mol. The number of nitrogens with zero attached hydrogens (tertiary/aromatic N) is 1. The van der Waals surface area contributed by atoms with E-state index in [9.17, 15) is 14.4 Å². The highest BCUT2D eigenvalue weighted by Crippen LogP contribution is 2.39. The number of benzene rings is 3. The molecule has 0 spiro atoms. The SMILES string of the molecule is CCOc1cc(/C=C2/SC(=O)N(CC(=O)Nc3ccc(I)cc3)C2=O)cc(Br)c1OCc1ccc(Cl)cc1. The fourth-order valence-corrected chi connectivity index (χ4v) is 5.37. The predicted octanol–water partition coefficient (Wildman–Crippen LogP) is 7.36. The molecule has 1 aliphatic rings. The molecule has 0 unspecified atom stereocenters. The summed E-state index contributed by atoms with van der Waals surface area (Å²) >= 11 is 12.4. The van der Waals surface area contributed by atoms with E-state index in [-0.39, 0.29) is 11.4 Å². The number of anilines is 1. The van der Waals surface area contributed by atoms with Gasteiger partial charge in [-0.3, -0.25) is 19.3 Å². The number of halogens is 3. The van der Waals surface area contributed by atoms with Gasteiger partial charge in [-0.15, -0.1) is 0 Å². The smallest absolute Gasteiger partial charge is 0.294 e. The summed E-state index contributed by atoms with van der Waals surface area (Å²) in [5, 5.41) is 2.84. The minimum Gasteiger partial charge on any atom is -0.490 e. The second-order valence-corrected chi connectivity index (χ2v) is 11.5. The van der Waals surface area contributed by atoms with E-state index < -0.39 is 17.1 Å². The lowest BCUT2D eigenvalue weighted by Gasteiger charge is -2.15. The van der Waals surface area contributed by atoms with Crippen LogP contribution in [0.2, 0.25) is 5.02 Å². The van der Waals surface area contributed by atoms with Crippen LogP contribution in [0.15, 0.2) is 70.0 Å². The molecule has 0 aliphatic carbocycles. The van der Waals surface area contributed by atoms with E-state index >= 15 is 0 Å². The van der Waals surface area contributed by atoms with Crippen LogP contribution in [0.1, 0.15) is 18.1 Å². The van der Waals surface area contributed by atoms with E-state index in [0.717, 1.165) is 25.8 Å². The number of hydrogen-bond acceptors (Lipinski definition) is 6. The Hall–Kier alpha value is -2.54. The molecule has 3 aromatic rings. The topological polar surface area (TPSA) is 84.9 Å². The summed E-state index contributed by atoms with van der Waals surface area (Å²) in [5.41, 5.74) is 2.16. The first-order valence-electron chi connectivity index (χ1n) is 11.4. The number of thioether (sulfide) groups is 1. The van der Waals surface area contributed by atoms with Crippen molar-refractivity contribution in [3.05, 3.63) is 89.8 Å². The van der Waals surface area contributed by atoms with Crippen LogP contribution in [0, 0.1) is 3.57 Å². The van der Waals surface area contributed by atoms with Gasteiger partial charge >= 0.3 is 0 Å². The third-order valence-corrected chi connectivity index (χ3v) is 7.70. The maximum atomic E-state index is 13.0. The predicted molar refractivity (Wildman–Crippen MR) is 162 cm³/mol. The fraction of sp³-hybridized carbons (Fsp3) is 0.148. The molecule has 1 aliphatic heterocycles. The number of amides is 3. The van der Waals surface area contributed by atoms with Crippen LogP contribution in [0.25, 0.3) is 6.08 Å². The normalized spacial score (nSPS) is 14.2. The lowest BCUT2D eigenvalue weighted by atomic mass is 10.1. The molecule has 3 aromatic carbocycles. The van der Waals surface area contributed by atoms with Gasteiger partial charge in [-0.05, 0) is 123 Å². The Morgan fingerprint density at radius 2 is 1.82 bits per heavy atom. The van der Waals surface area contributed by atoms with Crippen LogP contribution in [-0.2, 0) is 16.2 Å². The molecule has 1 N–H and O–H groups in total. The van der Waals surface area contributed by atoms with Gasteiger partial charge in [-0.1, -0.05) is 23.7 Å². The second-order valence-electron chi connectivity index (χ2n) is 8.00. The van der Waals surface area contributed by atoms with Gasteiger partial charge in [0.05, 0.1) is 16.0 Å². The summed E-state index contributed by atoms with van der Waals surface area (Å²) in [7, 11) is 0. The van der Waals surface area contributed by atoms with E-state index in [1.165, 1.54) is 0 Å². The summed E-state index contributed by atoms with van der Waals surface area (Å²) in [5.74, 6) is 0.00535. The van der Waals surface area contributed by atoms with Crippen molar-refractivity contribution < 1.29 is 23.9 Å². The van der Waals surface area contributed by atoms with Crippen LogP contribution >= 0.6 is 61.9 Å². The molecule has 0 bridgehead atoms. The largest absolute Gasteiger partial charge is 0.490 e. The van der Waals surface area contributed by atoms with Crippen molar-refractivity contribution in [2.45, 2.75) is 13.5 Å². The highest BCUT2D eigenvalue weighted by Gasteiger charge is 2.36. The summed E-state index contributed by atoms with van der Waals surface area (Å²) in [6, 6.07) is 18.1. The van der Waals surface area contributed by atoms with Gasteiger partial charge in [0.15, 0.2) is 11.5 Å². The van der Waals surface area contributed by atoms with Gasteiger partial charge in [-0.2, -0.15) is 0 Å². The van der Waals surface area contributed by atoms with Crippen molar-refractivity contribution in [1.29, 1.82) is 0 Å². The molecule has 38 heavy (non-hydrogen) atoms. The first kappa shape index (κ1) is 28.5. The number of imide groups is 1. The number of nitrogens with one attached hydrogen (secondary N) is 1. The standard InChI is InChI=1S/C27H21BrClIN2O5S/c1-2-36-22-12-17(11-21(28)25(22)37-15-16-3-5-18(29)6-4-16)13-23-26(34)32(27(35)38-23)14-24(33)31-20-9-7-19(30)8-10-20/h3-13H,2,14-15H2,1H3,(H,31,33)/b23-13+. The molecule has 196 valence electrons. The van der Waals surface area contributed by atoms with E-state index in [0.29, 0.717) is 45.5 Å². The molecule has 4 rings (SSSR count). The first-order valence-corrected chi connectivity index (χ1v) is 14.4. The van der Waals surface area contributed by atoms with Crippen molar-refractivity contribution in [3.63, 3.8) is 0 Å². The Labute approximate surface area is 251 Å². The highest BCUT2D eigenvalue weighted by atomic mass is 127. The minimum absolute atomic E-state index is 0.209. The van der Waals surface area contributed by atoms with Gasteiger partial charge in [0.1, 0.15) is 13.2 Å². The Balaban J connectivity index is 1.48. The molecule has 1 fully saturated rings. The van der Waals surface area contributed by atoms with Gasteiger partial charge in [0.25, 0.3) is 11.1 Å². The van der Waals surface area contributed by atoms with E-state index in [1.807, 2.05) is 31.2 Å². The molecule has 1 heterocycles. The Morgan fingerprint density at radius 1 is 1.11 bits per heavy atom. The van der Waals surface area contributed by atoms with E-state index in [4.69, 9.17) is 21.1 Å². The van der Waals surface area contributed by atoms with Crippen LogP contribution in [0.5, 0.6) is 11.5 Å². The Bertz CT molecular complexity index is 1400. The third kappa shape index (κ3) is 7.31. The average molecular weight is 728 g/mol. The Morgan fingerprint density at radius 3 is 2.50 bits per heavy atom. The third-order valence-electron chi connectivity index (χ3n) is 5.23. The van der Waals surface area contributed by atoms with Crippen LogP contribution < -0.4 is 14.8 Å². The maximum absolute atomic E-state index is 13.0. The molecule has 0 saturated carbocycles. The number of ether oxygens (including phenoxy) is 2. The van der Waals surface area contributed by atoms with Crippen LogP contribution in [0.4, 0.5) is 10.5 Å². The molecule has 1 saturated heterocycles. The molecule has 11 heteroatoms. The lowest BCUT2D eigenvalue weighted by molar-refractivity contribution is -0.127. The summed E-state index contributed by atoms with van der Waals surface area (Å²) < 4.78 is 13.4. The minimum atomic E-state index is -0.532. The Kier molecular flexibility index (Phi) is 9.74. The maximum Gasteiger partial charge on any atom is 0.294 e. The number of carbonyl (C=O) groups is 3. The second kappa shape index (κ2) is 13.0. The van der Waals surface area contributed by atoms with Crippen molar-refractivity contribution >= 4 is 90.7 Å². The molecule has 7 nitrogen and oxygen atoms in total. The quantitative estimate of drug-likeness (QED) is 0.183. The molecule has 0 radical (unpaired) electrons. The zero-order chi connectivity index (χ0) is 27.2. The van der Waals surface area contributed by atoms with Crippen molar-refractivity contribution in [2.75, 3.05) is 18.5 Å². The van der Waals surface area contributed by atoms with Gasteiger partial charge in [0.2, 0.25) is 5.91 Å². The molecule has 0 atom stereocenters. The van der Waals surface area contributed by atoms with Gasteiger partial charge < -0.3 is 14.8 Å². The number of carbonyl (C=O) groups excluding carboxylic acids is 3. The van der Waals surface area contributed by atoms with Crippen molar-refractivity contribution in [1.82, 2.24) is 4.90 Å². The fourth-order valence-electron chi connectivity index (χ4n) is 3.48. The first-order chi connectivity index (χ1) is 18.2. The zero-order valence-electron chi connectivity index (χ0n) is 20.0. The number of hydrogen-bond donors (Lipinski definition) is 1. The zero-order valence-corrected chi connectivity index (χ0v) is 25.3. The van der Waals surface area contributed by atoms with E-state index in [2.05, 4.69) is 43.8 Å². The summed E-state index contributed by atoms with van der Waals surface area (Å²) in [6.07, 6.45) is 1.60. The lowest BCUT2D eigenvalue weighted by Crippen LogP contribution is -2.36. The van der Waals surface area contributed by atoms with Crippen molar-refractivity contribution in [2.24, 2.45) is 0 Å². The molecular formula is C27H21BrClIN2O5S. The van der Waals surface area contributed by atoms with Gasteiger partial charge in [0, 0.05) is 14.3 Å². The van der Waals surface area contributed by atoms with Crippen LogP contribution in [0.3, 0.4) is 0 Å².